The Labute approximate surface area is 130 Å². The van der Waals surface area contributed by atoms with Crippen LogP contribution in [0.25, 0.3) is 0 Å². The Balaban J connectivity index is 2.63. The highest BCUT2D eigenvalue weighted by molar-refractivity contribution is 6.31. The predicted octanol–water partition coefficient (Wildman–Crippen LogP) is 3.50. The van der Waals surface area contributed by atoms with Gasteiger partial charge < -0.3 is 15.4 Å². The molecule has 0 saturated carbocycles. The van der Waals surface area contributed by atoms with Crippen LogP contribution in [0, 0.1) is 6.92 Å². The largest absolute Gasteiger partial charge is 0.444 e. The number of rotatable bonds is 3. The van der Waals surface area contributed by atoms with Crippen LogP contribution in [0.4, 0.5) is 10.5 Å². The summed E-state index contributed by atoms with van der Waals surface area (Å²) in [6.07, 6.45) is -0.632. The first kappa shape index (κ1) is 17.3. The first-order chi connectivity index (χ1) is 9.58. The first-order valence-corrected chi connectivity index (χ1v) is 7.03. The van der Waals surface area contributed by atoms with Gasteiger partial charge in [0.15, 0.2) is 0 Å². The smallest absolute Gasteiger partial charge is 0.408 e. The van der Waals surface area contributed by atoms with Crippen LogP contribution in [-0.4, -0.2) is 23.6 Å². The summed E-state index contributed by atoms with van der Waals surface area (Å²) in [5, 5.41) is 5.74. The van der Waals surface area contributed by atoms with Gasteiger partial charge in [0.2, 0.25) is 5.91 Å². The zero-order valence-corrected chi connectivity index (χ0v) is 13.7. The quantitative estimate of drug-likeness (QED) is 0.897. The van der Waals surface area contributed by atoms with Crippen LogP contribution in [-0.2, 0) is 9.53 Å². The summed E-state index contributed by atoms with van der Waals surface area (Å²) in [6, 6.07) is 4.49. The summed E-state index contributed by atoms with van der Waals surface area (Å²) in [4.78, 5) is 23.7. The van der Waals surface area contributed by atoms with Crippen molar-refractivity contribution in [1.29, 1.82) is 0 Å². The minimum atomic E-state index is -0.724. The Kier molecular flexibility index (Phi) is 5.61. The van der Waals surface area contributed by atoms with Gasteiger partial charge in [-0.2, -0.15) is 0 Å². The third kappa shape index (κ3) is 6.04. The van der Waals surface area contributed by atoms with Crippen LogP contribution in [0.15, 0.2) is 18.2 Å². The fraction of sp³-hybridized carbons (Fsp3) is 0.467. The molecule has 1 unspecified atom stereocenters. The molecule has 1 atom stereocenters. The summed E-state index contributed by atoms with van der Waals surface area (Å²) in [5.74, 6) is -0.341. The number of alkyl carbamates (subject to hydrolysis) is 1. The van der Waals surface area contributed by atoms with Crippen molar-refractivity contribution in [1.82, 2.24) is 5.32 Å². The van der Waals surface area contributed by atoms with Crippen LogP contribution in [0.2, 0.25) is 5.02 Å². The molecule has 1 aromatic carbocycles. The van der Waals surface area contributed by atoms with Crippen LogP contribution >= 0.6 is 11.6 Å². The van der Waals surface area contributed by atoms with Crippen LogP contribution < -0.4 is 10.6 Å². The second-order valence-corrected chi connectivity index (χ2v) is 6.25. The average Bonchev–Trinajstić information content (AvgIpc) is 2.31. The molecule has 0 radical (unpaired) electrons. The second kappa shape index (κ2) is 6.80. The van der Waals surface area contributed by atoms with E-state index in [-0.39, 0.29) is 5.91 Å². The number of halogens is 1. The number of hydrogen-bond donors (Lipinski definition) is 2. The van der Waals surface area contributed by atoms with E-state index >= 15 is 0 Å². The van der Waals surface area contributed by atoms with Crippen molar-refractivity contribution in [2.24, 2.45) is 0 Å². The van der Waals surface area contributed by atoms with E-state index in [2.05, 4.69) is 10.6 Å². The number of aryl methyl sites for hydroxylation is 1. The Bertz CT molecular complexity index is 538. The molecule has 0 bridgehead atoms. The maximum Gasteiger partial charge on any atom is 0.408 e. The van der Waals surface area contributed by atoms with Crippen molar-refractivity contribution in [3.8, 4) is 0 Å². The highest BCUT2D eigenvalue weighted by atomic mass is 35.5. The topological polar surface area (TPSA) is 67.4 Å². The third-order valence-electron chi connectivity index (χ3n) is 2.58. The van der Waals surface area contributed by atoms with E-state index in [9.17, 15) is 9.59 Å². The maximum absolute atomic E-state index is 12.1. The van der Waals surface area contributed by atoms with Crippen LogP contribution in [0.5, 0.6) is 0 Å². The lowest BCUT2D eigenvalue weighted by Crippen LogP contribution is -2.44. The third-order valence-corrected chi connectivity index (χ3v) is 2.82. The Morgan fingerprint density at radius 1 is 1.29 bits per heavy atom. The van der Waals surface area contributed by atoms with Gasteiger partial charge in [-0.3, -0.25) is 4.79 Å². The molecule has 0 heterocycles. The highest BCUT2D eigenvalue weighted by Crippen LogP contribution is 2.20. The van der Waals surface area contributed by atoms with E-state index in [4.69, 9.17) is 16.3 Å². The number of amides is 2. The van der Waals surface area contributed by atoms with Gasteiger partial charge in [0.05, 0.1) is 0 Å². The Morgan fingerprint density at radius 2 is 1.90 bits per heavy atom. The number of nitrogens with one attached hydrogen (secondary N) is 2. The summed E-state index contributed by atoms with van der Waals surface area (Å²) in [5.41, 5.74) is 0.895. The van der Waals surface area contributed by atoms with Crippen LogP contribution in [0.3, 0.4) is 0 Å². The molecule has 5 nitrogen and oxygen atoms in total. The Morgan fingerprint density at radius 3 is 2.48 bits per heavy atom. The normalized spacial score (nSPS) is 12.5. The van der Waals surface area contributed by atoms with Crippen molar-refractivity contribution in [2.45, 2.75) is 46.3 Å². The van der Waals surface area contributed by atoms with Gasteiger partial charge >= 0.3 is 6.09 Å². The number of carbonyl (C=O) groups excluding carboxylic acids is 2. The average molecular weight is 313 g/mol. The number of carbonyl (C=O) groups is 2. The van der Waals surface area contributed by atoms with Gasteiger partial charge in [-0.05, 0) is 52.3 Å². The second-order valence-electron chi connectivity index (χ2n) is 5.82. The maximum atomic E-state index is 12.1. The van der Waals surface area contributed by atoms with Gasteiger partial charge in [0.1, 0.15) is 11.6 Å². The van der Waals surface area contributed by atoms with Crippen molar-refractivity contribution in [3.05, 3.63) is 28.8 Å². The predicted molar refractivity (Wildman–Crippen MR) is 83.7 cm³/mol. The molecule has 2 N–H and O–H groups in total. The molecule has 21 heavy (non-hydrogen) atoms. The zero-order valence-electron chi connectivity index (χ0n) is 12.9. The lowest BCUT2D eigenvalue weighted by molar-refractivity contribution is -0.117. The molecule has 0 aliphatic carbocycles. The standard InChI is InChI=1S/C15H21ClN2O3/c1-9-6-7-11(16)8-12(9)18-13(19)10(2)17-14(20)21-15(3,4)5/h6-8,10H,1-5H3,(H,17,20)(H,18,19). The van der Waals surface area contributed by atoms with Gasteiger partial charge in [-0.25, -0.2) is 4.79 Å². The lowest BCUT2D eigenvalue weighted by atomic mass is 10.2. The van der Waals surface area contributed by atoms with E-state index in [0.29, 0.717) is 10.7 Å². The SMILES string of the molecule is Cc1ccc(Cl)cc1NC(=O)C(C)NC(=O)OC(C)(C)C. The zero-order chi connectivity index (χ0) is 16.2. The Hall–Kier alpha value is -1.75. The molecule has 0 saturated heterocycles. The molecule has 2 amide bonds. The van der Waals surface area contributed by atoms with Crippen LogP contribution in [0.1, 0.15) is 33.3 Å². The minimum absolute atomic E-state index is 0.341. The minimum Gasteiger partial charge on any atom is -0.444 e. The van der Waals surface area contributed by atoms with Crippen molar-refractivity contribution >= 4 is 29.3 Å². The molecule has 0 fully saturated rings. The summed E-state index contributed by atoms with van der Waals surface area (Å²) in [6.45, 7) is 8.71. The highest BCUT2D eigenvalue weighted by Gasteiger charge is 2.21. The molecule has 1 rings (SSSR count). The number of hydrogen-bond acceptors (Lipinski definition) is 3. The fourth-order valence-electron chi connectivity index (χ4n) is 1.52. The molecule has 116 valence electrons. The molecule has 0 aliphatic heterocycles. The fourth-order valence-corrected chi connectivity index (χ4v) is 1.69. The molecule has 0 aliphatic rings. The van der Waals surface area contributed by atoms with Crippen molar-refractivity contribution in [3.63, 3.8) is 0 Å². The summed E-state index contributed by atoms with van der Waals surface area (Å²) < 4.78 is 5.10. The molecule has 6 heteroatoms. The lowest BCUT2D eigenvalue weighted by Gasteiger charge is -2.21. The molecular weight excluding hydrogens is 292 g/mol. The van der Waals surface area contributed by atoms with Gasteiger partial charge in [-0.15, -0.1) is 0 Å². The van der Waals surface area contributed by atoms with Gasteiger partial charge in [0.25, 0.3) is 0 Å². The number of anilines is 1. The van der Waals surface area contributed by atoms with Crippen molar-refractivity contribution < 1.29 is 14.3 Å². The van der Waals surface area contributed by atoms with Gasteiger partial charge in [0, 0.05) is 10.7 Å². The summed E-state index contributed by atoms with van der Waals surface area (Å²) in [7, 11) is 0. The van der Waals surface area contributed by atoms with Gasteiger partial charge in [-0.1, -0.05) is 17.7 Å². The molecular formula is C15H21ClN2O3. The van der Waals surface area contributed by atoms with E-state index in [0.717, 1.165) is 5.56 Å². The monoisotopic (exact) mass is 312 g/mol. The van der Waals surface area contributed by atoms with E-state index in [1.165, 1.54) is 0 Å². The molecule has 1 aromatic rings. The van der Waals surface area contributed by atoms with E-state index in [1.807, 2.05) is 13.0 Å². The van der Waals surface area contributed by atoms with E-state index < -0.39 is 17.7 Å². The van der Waals surface area contributed by atoms with E-state index in [1.54, 1.807) is 39.8 Å². The first-order valence-electron chi connectivity index (χ1n) is 6.65. The number of benzene rings is 1. The molecule has 0 spiro atoms. The van der Waals surface area contributed by atoms with Crippen molar-refractivity contribution in [2.75, 3.05) is 5.32 Å². The summed E-state index contributed by atoms with van der Waals surface area (Å²) >= 11 is 5.90. The molecule has 0 aromatic heterocycles. The number of ether oxygens (including phenoxy) is 1.